The molecule has 0 unspecified atom stereocenters. The van der Waals surface area contributed by atoms with Gasteiger partial charge in [-0.05, 0) is 42.5 Å². The van der Waals surface area contributed by atoms with E-state index in [-0.39, 0.29) is 0 Å². The van der Waals surface area contributed by atoms with E-state index in [1.165, 1.54) is 61.6 Å². The van der Waals surface area contributed by atoms with Gasteiger partial charge in [0.25, 0.3) is 0 Å². The molecule has 2 nitrogen and oxygen atoms in total. The van der Waals surface area contributed by atoms with Gasteiger partial charge in [-0.1, -0.05) is 43.9 Å². The predicted molar refractivity (Wildman–Crippen MR) is 80.2 cm³/mol. The smallest absolute Gasteiger partial charge is 0.0208 e. The normalized spacial score (nSPS) is 20.8. The molecule has 0 aromatic heterocycles. The first kappa shape index (κ1) is 13.1. The van der Waals surface area contributed by atoms with Gasteiger partial charge in [0.05, 0.1) is 0 Å². The Kier molecular flexibility index (Phi) is 4.52. The number of benzene rings is 1. The maximum absolute atomic E-state index is 3.76. The monoisotopic (exact) mass is 258 g/mol. The molecule has 1 fully saturated rings. The average Bonchev–Trinajstić information content (AvgIpc) is 2.73. The van der Waals surface area contributed by atoms with E-state index >= 15 is 0 Å². The van der Waals surface area contributed by atoms with Crippen molar-refractivity contribution in [2.24, 2.45) is 0 Å². The van der Waals surface area contributed by atoms with E-state index in [1.807, 2.05) is 0 Å². The molecule has 0 saturated heterocycles. The Balaban J connectivity index is 1.57. The first-order valence-corrected chi connectivity index (χ1v) is 7.96. The molecule has 2 N–H and O–H groups in total. The molecule has 2 heteroatoms. The second-order valence-electron chi connectivity index (χ2n) is 6.10. The third-order valence-corrected chi connectivity index (χ3v) is 4.61. The fourth-order valence-electron chi connectivity index (χ4n) is 3.39. The molecular formula is C17H26N2. The highest BCUT2D eigenvalue weighted by atomic mass is 14.9. The van der Waals surface area contributed by atoms with Gasteiger partial charge >= 0.3 is 0 Å². The summed E-state index contributed by atoms with van der Waals surface area (Å²) < 4.78 is 0. The van der Waals surface area contributed by atoms with Crippen molar-refractivity contribution < 1.29 is 0 Å². The van der Waals surface area contributed by atoms with E-state index in [0.29, 0.717) is 0 Å². The van der Waals surface area contributed by atoms with Gasteiger partial charge in [-0.2, -0.15) is 0 Å². The van der Waals surface area contributed by atoms with Crippen molar-refractivity contribution >= 4 is 0 Å². The van der Waals surface area contributed by atoms with Gasteiger partial charge in [0, 0.05) is 19.1 Å². The zero-order chi connectivity index (χ0) is 12.9. The standard InChI is InChI=1S/C17H26N2/c1-2-4-6-17(5-3-1)19-12-14-7-8-15-9-10-18-13-16(15)11-14/h7-8,11,17-19H,1-6,9-10,12-13H2. The van der Waals surface area contributed by atoms with Crippen molar-refractivity contribution in [2.45, 2.75) is 64.1 Å². The zero-order valence-electron chi connectivity index (χ0n) is 11.9. The molecule has 1 saturated carbocycles. The number of fused-ring (bicyclic) bond motifs is 1. The van der Waals surface area contributed by atoms with Crippen LogP contribution in [0.5, 0.6) is 0 Å². The molecule has 0 spiro atoms. The zero-order valence-corrected chi connectivity index (χ0v) is 11.9. The number of nitrogens with one attached hydrogen (secondary N) is 2. The summed E-state index contributed by atoms with van der Waals surface area (Å²) >= 11 is 0. The first-order valence-electron chi connectivity index (χ1n) is 7.96. The fourth-order valence-corrected chi connectivity index (χ4v) is 3.39. The van der Waals surface area contributed by atoms with Crippen molar-refractivity contribution in [3.05, 3.63) is 34.9 Å². The molecule has 3 rings (SSSR count). The Morgan fingerprint density at radius 3 is 2.74 bits per heavy atom. The fraction of sp³-hybridized carbons (Fsp3) is 0.647. The van der Waals surface area contributed by atoms with Gasteiger partial charge in [0.1, 0.15) is 0 Å². The molecule has 0 atom stereocenters. The van der Waals surface area contributed by atoms with E-state index < -0.39 is 0 Å². The van der Waals surface area contributed by atoms with Crippen LogP contribution in [-0.2, 0) is 19.5 Å². The lowest BCUT2D eigenvalue weighted by molar-refractivity contribution is 0.459. The van der Waals surface area contributed by atoms with Gasteiger partial charge in [-0.15, -0.1) is 0 Å². The molecule has 2 aliphatic rings. The SMILES string of the molecule is c1cc2c(cc1CNC1CCCCCC1)CNCC2. The average molecular weight is 258 g/mol. The van der Waals surface area contributed by atoms with E-state index in [1.54, 1.807) is 0 Å². The summed E-state index contributed by atoms with van der Waals surface area (Å²) in [6, 6.07) is 7.79. The van der Waals surface area contributed by atoms with Crippen LogP contribution in [0.25, 0.3) is 0 Å². The summed E-state index contributed by atoms with van der Waals surface area (Å²) in [7, 11) is 0. The van der Waals surface area contributed by atoms with Crippen molar-refractivity contribution in [2.75, 3.05) is 6.54 Å². The van der Waals surface area contributed by atoms with E-state index in [0.717, 1.165) is 25.7 Å². The molecule has 104 valence electrons. The maximum Gasteiger partial charge on any atom is 0.0208 e. The Labute approximate surface area is 117 Å². The van der Waals surface area contributed by atoms with Crippen molar-refractivity contribution in [1.82, 2.24) is 10.6 Å². The lowest BCUT2D eigenvalue weighted by Crippen LogP contribution is -2.28. The molecule has 1 aromatic carbocycles. The van der Waals surface area contributed by atoms with E-state index in [9.17, 15) is 0 Å². The third-order valence-electron chi connectivity index (χ3n) is 4.61. The van der Waals surface area contributed by atoms with Gasteiger partial charge in [0.15, 0.2) is 0 Å². The topological polar surface area (TPSA) is 24.1 Å². The largest absolute Gasteiger partial charge is 0.312 e. The molecule has 1 heterocycles. The second kappa shape index (κ2) is 6.53. The molecule has 0 bridgehead atoms. The van der Waals surface area contributed by atoms with Crippen LogP contribution in [0, 0.1) is 0 Å². The highest BCUT2D eigenvalue weighted by Gasteiger charge is 2.12. The minimum atomic E-state index is 0.747. The molecule has 1 aliphatic heterocycles. The molecule has 0 radical (unpaired) electrons. The van der Waals surface area contributed by atoms with Crippen LogP contribution in [0.4, 0.5) is 0 Å². The van der Waals surface area contributed by atoms with E-state index in [4.69, 9.17) is 0 Å². The molecule has 0 amide bonds. The molecule has 1 aliphatic carbocycles. The van der Waals surface area contributed by atoms with Gasteiger partial charge in [0.2, 0.25) is 0 Å². The maximum atomic E-state index is 3.76. The van der Waals surface area contributed by atoms with Crippen LogP contribution in [-0.4, -0.2) is 12.6 Å². The highest BCUT2D eigenvalue weighted by Crippen LogP contribution is 2.19. The Bertz CT molecular complexity index is 406. The Morgan fingerprint density at radius 1 is 1.05 bits per heavy atom. The Morgan fingerprint density at radius 2 is 1.89 bits per heavy atom. The van der Waals surface area contributed by atoms with Crippen LogP contribution >= 0.6 is 0 Å². The quantitative estimate of drug-likeness (QED) is 0.814. The van der Waals surface area contributed by atoms with Crippen molar-refractivity contribution in [3.8, 4) is 0 Å². The number of rotatable bonds is 3. The minimum Gasteiger partial charge on any atom is -0.312 e. The lowest BCUT2D eigenvalue weighted by atomic mass is 9.98. The molecule has 19 heavy (non-hydrogen) atoms. The van der Waals surface area contributed by atoms with Crippen LogP contribution in [0.15, 0.2) is 18.2 Å². The Hall–Kier alpha value is -0.860. The van der Waals surface area contributed by atoms with Crippen LogP contribution in [0.2, 0.25) is 0 Å². The third kappa shape index (κ3) is 3.58. The van der Waals surface area contributed by atoms with Crippen molar-refractivity contribution in [3.63, 3.8) is 0 Å². The summed E-state index contributed by atoms with van der Waals surface area (Å²) in [4.78, 5) is 0. The second-order valence-corrected chi connectivity index (χ2v) is 6.10. The number of hydrogen-bond acceptors (Lipinski definition) is 2. The summed E-state index contributed by atoms with van der Waals surface area (Å²) in [5.74, 6) is 0. The van der Waals surface area contributed by atoms with E-state index in [2.05, 4.69) is 28.8 Å². The summed E-state index contributed by atoms with van der Waals surface area (Å²) in [6.45, 7) is 3.22. The van der Waals surface area contributed by atoms with Crippen LogP contribution in [0.1, 0.15) is 55.2 Å². The summed E-state index contributed by atoms with van der Waals surface area (Å²) in [5, 5.41) is 7.23. The van der Waals surface area contributed by atoms with Gasteiger partial charge < -0.3 is 10.6 Å². The summed E-state index contributed by atoms with van der Waals surface area (Å²) in [6.07, 6.45) is 9.60. The molecule has 1 aromatic rings. The predicted octanol–water partition coefficient (Wildman–Crippen LogP) is 3.14. The van der Waals surface area contributed by atoms with Gasteiger partial charge in [-0.3, -0.25) is 0 Å². The van der Waals surface area contributed by atoms with Crippen molar-refractivity contribution in [1.29, 1.82) is 0 Å². The van der Waals surface area contributed by atoms with Crippen LogP contribution < -0.4 is 10.6 Å². The van der Waals surface area contributed by atoms with Crippen LogP contribution in [0.3, 0.4) is 0 Å². The lowest BCUT2D eigenvalue weighted by Gasteiger charge is -2.20. The first-order chi connectivity index (χ1) is 9.42. The van der Waals surface area contributed by atoms with Gasteiger partial charge in [-0.25, -0.2) is 0 Å². The molecular weight excluding hydrogens is 232 g/mol. The highest BCUT2D eigenvalue weighted by molar-refractivity contribution is 5.33. The number of hydrogen-bond donors (Lipinski definition) is 2. The summed E-state index contributed by atoms with van der Waals surface area (Å²) in [5.41, 5.74) is 4.50. The minimum absolute atomic E-state index is 0.747.